The quantitative estimate of drug-likeness (QED) is 0.266. The van der Waals surface area contributed by atoms with E-state index in [1.54, 1.807) is 42.6 Å². The molecule has 0 fully saturated rings. The summed E-state index contributed by atoms with van der Waals surface area (Å²) in [4.78, 5) is 16.9. The van der Waals surface area contributed by atoms with E-state index in [2.05, 4.69) is 15.6 Å². The molecule has 1 heterocycles. The average Bonchev–Trinajstić information content (AvgIpc) is 2.89. The first-order chi connectivity index (χ1) is 17.8. The number of sulfonamides is 1. The van der Waals surface area contributed by atoms with Crippen LogP contribution < -0.4 is 10.6 Å². The molecule has 1 amide bonds. The molecule has 4 rings (SSSR count). The average molecular weight is 541 g/mol. The number of halogens is 2. The number of hydrogen-bond donors (Lipinski definition) is 2. The molecule has 37 heavy (non-hydrogen) atoms. The van der Waals surface area contributed by atoms with Crippen LogP contribution in [0.4, 0.5) is 10.1 Å². The summed E-state index contributed by atoms with van der Waals surface area (Å²) >= 11 is 6.04. The summed E-state index contributed by atoms with van der Waals surface area (Å²) in [7, 11) is -4.03. The molecule has 0 saturated heterocycles. The number of benzene rings is 3. The molecule has 0 bridgehead atoms. The highest BCUT2D eigenvalue weighted by molar-refractivity contribution is 7.89. The van der Waals surface area contributed by atoms with Crippen LogP contribution in [0.3, 0.4) is 0 Å². The lowest BCUT2D eigenvalue weighted by Crippen LogP contribution is -2.40. The molecule has 0 radical (unpaired) electrons. The van der Waals surface area contributed by atoms with Crippen molar-refractivity contribution < 1.29 is 17.6 Å². The first-order valence-corrected chi connectivity index (χ1v) is 13.5. The third-order valence-electron chi connectivity index (χ3n) is 5.67. The number of nitrogens with one attached hydrogen (secondary N) is 2. The van der Waals surface area contributed by atoms with Crippen LogP contribution in [0.5, 0.6) is 0 Å². The number of rotatable bonds is 11. The van der Waals surface area contributed by atoms with Crippen molar-refractivity contribution in [3.63, 3.8) is 0 Å². The summed E-state index contributed by atoms with van der Waals surface area (Å²) < 4.78 is 40.9. The largest absolute Gasteiger partial charge is 0.384 e. The number of amides is 1. The number of anilines is 1. The maximum atomic E-state index is 13.4. The Balaban J connectivity index is 1.35. The Morgan fingerprint density at radius 1 is 0.973 bits per heavy atom. The van der Waals surface area contributed by atoms with Gasteiger partial charge in [-0.15, -0.1) is 0 Å². The summed E-state index contributed by atoms with van der Waals surface area (Å²) in [5.74, 6) is -0.964. The summed E-state index contributed by atoms with van der Waals surface area (Å²) in [6.07, 6.45) is 2.32. The van der Waals surface area contributed by atoms with Crippen molar-refractivity contribution in [3.8, 4) is 0 Å². The van der Waals surface area contributed by atoms with Gasteiger partial charge in [0.2, 0.25) is 15.9 Å². The molecular formula is C27H26ClFN4O3S. The highest BCUT2D eigenvalue weighted by atomic mass is 35.5. The predicted molar refractivity (Wildman–Crippen MR) is 143 cm³/mol. The van der Waals surface area contributed by atoms with Crippen LogP contribution in [-0.4, -0.2) is 43.2 Å². The summed E-state index contributed by atoms with van der Waals surface area (Å²) in [6.45, 7) is 0.590. The minimum absolute atomic E-state index is 0.00859. The fourth-order valence-electron chi connectivity index (χ4n) is 3.80. The van der Waals surface area contributed by atoms with E-state index in [9.17, 15) is 17.6 Å². The van der Waals surface area contributed by atoms with E-state index in [1.165, 1.54) is 12.1 Å². The van der Waals surface area contributed by atoms with Crippen LogP contribution in [0.25, 0.3) is 10.9 Å². The first-order valence-electron chi connectivity index (χ1n) is 11.7. The van der Waals surface area contributed by atoms with Gasteiger partial charge in [-0.05, 0) is 60.5 Å². The second-order valence-corrected chi connectivity index (χ2v) is 10.7. The van der Waals surface area contributed by atoms with Crippen LogP contribution in [0.15, 0.2) is 90.0 Å². The summed E-state index contributed by atoms with van der Waals surface area (Å²) in [5, 5.41) is 7.68. The first kappa shape index (κ1) is 26.5. The molecule has 0 aliphatic carbocycles. The van der Waals surface area contributed by atoms with Gasteiger partial charge in [-0.2, -0.15) is 4.31 Å². The molecule has 2 N–H and O–H groups in total. The Morgan fingerprint density at radius 3 is 2.49 bits per heavy atom. The number of carbonyl (C=O) groups excluding carboxylic acids is 1. The Labute approximate surface area is 220 Å². The van der Waals surface area contributed by atoms with Gasteiger partial charge < -0.3 is 10.6 Å². The van der Waals surface area contributed by atoms with Gasteiger partial charge in [-0.1, -0.05) is 41.9 Å². The fourth-order valence-corrected chi connectivity index (χ4v) is 5.35. The van der Waals surface area contributed by atoms with Gasteiger partial charge in [-0.25, -0.2) is 12.8 Å². The van der Waals surface area contributed by atoms with Crippen molar-refractivity contribution >= 4 is 44.1 Å². The topological polar surface area (TPSA) is 91.4 Å². The number of aromatic nitrogens is 1. The van der Waals surface area contributed by atoms with Crippen LogP contribution in [0.2, 0.25) is 5.02 Å². The highest BCUT2D eigenvalue weighted by Gasteiger charge is 2.27. The van der Waals surface area contributed by atoms with E-state index in [4.69, 9.17) is 11.6 Å². The van der Waals surface area contributed by atoms with Crippen molar-refractivity contribution in [2.75, 3.05) is 25.0 Å². The standard InChI is InChI=1S/C27H26ClFN4O3S/c28-21-7-12-24-25(13-16-31-26(24)17-21)30-14-4-15-32-27(34)19-33(18-20-5-2-1-3-6-20)37(35,36)23-10-8-22(29)9-11-23/h1-3,5-13,16-17H,4,14-15,18-19H2,(H,30,31)(H,32,34). The molecule has 0 saturated carbocycles. The van der Waals surface area contributed by atoms with E-state index in [0.717, 1.165) is 38.6 Å². The van der Waals surface area contributed by atoms with Crippen molar-refractivity contribution in [3.05, 3.63) is 101 Å². The van der Waals surface area contributed by atoms with Crippen LogP contribution in [0, 0.1) is 5.82 Å². The van der Waals surface area contributed by atoms with Gasteiger partial charge in [0.25, 0.3) is 0 Å². The number of carbonyl (C=O) groups is 1. The van der Waals surface area contributed by atoms with Gasteiger partial charge in [-0.3, -0.25) is 9.78 Å². The minimum Gasteiger partial charge on any atom is -0.384 e. The molecule has 3 aromatic carbocycles. The third-order valence-corrected chi connectivity index (χ3v) is 7.71. The molecule has 0 unspecified atom stereocenters. The van der Waals surface area contributed by atoms with E-state index < -0.39 is 21.7 Å². The number of pyridine rings is 1. The lowest BCUT2D eigenvalue weighted by Gasteiger charge is -2.22. The Bertz CT molecular complexity index is 1470. The molecule has 0 aliphatic heterocycles. The second-order valence-electron chi connectivity index (χ2n) is 8.36. The Morgan fingerprint density at radius 2 is 1.73 bits per heavy atom. The maximum Gasteiger partial charge on any atom is 0.243 e. The van der Waals surface area contributed by atoms with Gasteiger partial charge in [0.1, 0.15) is 5.82 Å². The zero-order valence-corrected chi connectivity index (χ0v) is 21.5. The number of fused-ring (bicyclic) bond motifs is 1. The Kier molecular flexibility index (Phi) is 8.70. The molecule has 10 heteroatoms. The lowest BCUT2D eigenvalue weighted by atomic mass is 10.2. The van der Waals surface area contributed by atoms with Crippen LogP contribution >= 0.6 is 11.6 Å². The highest BCUT2D eigenvalue weighted by Crippen LogP contribution is 2.24. The van der Waals surface area contributed by atoms with Gasteiger partial charge in [0.15, 0.2) is 0 Å². The minimum atomic E-state index is -4.03. The lowest BCUT2D eigenvalue weighted by molar-refractivity contribution is -0.121. The van der Waals surface area contributed by atoms with Gasteiger partial charge in [0.05, 0.1) is 17.0 Å². The van der Waals surface area contributed by atoms with Crippen molar-refractivity contribution in [1.29, 1.82) is 0 Å². The molecule has 192 valence electrons. The molecule has 1 aromatic heterocycles. The maximum absolute atomic E-state index is 13.4. The SMILES string of the molecule is O=C(CN(Cc1ccccc1)S(=O)(=O)c1ccc(F)cc1)NCCCNc1ccnc2cc(Cl)ccc12. The van der Waals surface area contributed by atoms with E-state index in [-0.39, 0.29) is 18.0 Å². The second kappa shape index (κ2) is 12.1. The molecule has 0 atom stereocenters. The fraction of sp³-hybridized carbons (Fsp3) is 0.185. The van der Waals surface area contributed by atoms with Crippen LogP contribution in [0.1, 0.15) is 12.0 Å². The molecule has 7 nitrogen and oxygen atoms in total. The van der Waals surface area contributed by atoms with E-state index in [1.807, 2.05) is 18.2 Å². The summed E-state index contributed by atoms with van der Waals surface area (Å²) in [5.41, 5.74) is 2.43. The van der Waals surface area contributed by atoms with Crippen molar-refractivity contribution in [2.24, 2.45) is 0 Å². The van der Waals surface area contributed by atoms with Gasteiger partial charge in [0, 0.05) is 41.9 Å². The Hall–Kier alpha value is -3.53. The zero-order chi connectivity index (χ0) is 26.3. The van der Waals surface area contributed by atoms with Crippen LogP contribution in [-0.2, 0) is 21.4 Å². The molecule has 0 spiro atoms. The van der Waals surface area contributed by atoms with E-state index >= 15 is 0 Å². The predicted octanol–water partition coefficient (Wildman–Crippen LogP) is 4.84. The molecule has 4 aromatic rings. The molecule has 0 aliphatic rings. The number of hydrogen-bond acceptors (Lipinski definition) is 5. The van der Waals surface area contributed by atoms with Crippen molar-refractivity contribution in [2.45, 2.75) is 17.9 Å². The monoisotopic (exact) mass is 540 g/mol. The zero-order valence-electron chi connectivity index (χ0n) is 19.9. The third kappa shape index (κ3) is 7.03. The van der Waals surface area contributed by atoms with E-state index in [0.29, 0.717) is 24.5 Å². The smallest absolute Gasteiger partial charge is 0.243 e. The van der Waals surface area contributed by atoms with Crippen molar-refractivity contribution in [1.82, 2.24) is 14.6 Å². The number of nitrogens with zero attached hydrogens (tertiary/aromatic N) is 2. The summed E-state index contributed by atoms with van der Waals surface area (Å²) in [6, 6.07) is 20.9. The van der Waals surface area contributed by atoms with Gasteiger partial charge >= 0.3 is 0 Å². The molecular weight excluding hydrogens is 515 g/mol. The normalized spacial score (nSPS) is 11.5.